The largest absolute Gasteiger partial charge is 0.346 e. The molecule has 1 aromatic rings. The molecule has 3 nitrogen and oxygen atoms in total. The van der Waals surface area contributed by atoms with Crippen LogP contribution in [0.5, 0.6) is 0 Å². The monoisotopic (exact) mass is 234 g/mol. The fourth-order valence-electron chi connectivity index (χ4n) is 1.62. The third kappa shape index (κ3) is 3.07. The van der Waals surface area contributed by atoms with E-state index in [2.05, 4.69) is 5.32 Å². The van der Waals surface area contributed by atoms with E-state index < -0.39 is 0 Å². The topological polar surface area (TPSA) is 55.1 Å². The molecule has 1 unspecified atom stereocenters. The van der Waals surface area contributed by atoms with Crippen LogP contribution >= 0.6 is 0 Å². The number of carbonyl (C=O) groups excluding carboxylic acids is 1. The van der Waals surface area contributed by atoms with Crippen molar-refractivity contribution < 1.29 is 4.79 Å². The number of hydrogen-bond acceptors (Lipinski definition) is 2. The number of hydrogen-bond donors (Lipinski definition) is 2. The normalized spacial score (nSPS) is 14.2. The van der Waals surface area contributed by atoms with Crippen molar-refractivity contribution in [3.05, 3.63) is 34.9 Å². The predicted molar refractivity (Wildman–Crippen MR) is 71.1 cm³/mol. The van der Waals surface area contributed by atoms with Crippen LogP contribution < -0.4 is 11.1 Å². The molecule has 17 heavy (non-hydrogen) atoms. The summed E-state index contributed by atoms with van der Waals surface area (Å²) < 4.78 is 0. The van der Waals surface area contributed by atoms with Crippen molar-refractivity contribution in [2.24, 2.45) is 5.73 Å². The van der Waals surface area contributed by atoms with Crippen molar-refractivity contribution in [3.8, 4) is 0 Å². The van der Waals surface area contributed by atoms with Crippen LogP contribution in [0.2, 0.25) is 0 Å². The molecule has 1 amide bonds. The molecule has 0 aliphatic carbocycles. The van der Waals surface area contributed by atoms with E-state index in [-0.39, 0.29) is 11.4 Å². The smallest absolute Gasteiger partial charge is 0.252 e. The fraction of sp³-hybridized carbons (Fsp3) is 0.500. The van der Waals surface area contributed by atoms with Gasteiger partial charge in [-0.3, -0.25) is 4.79 Å². The summed E-state index contributed by atoms with van der Waals surface area (Å²) in [6.07, 6.45) is 0.820. The summed E-state index contributed by atoms with van der Waals surface area (Å²) in [5.41, 5.74) is 8.26. The quantitative estimate of drug-likeness (QED) is 0.838. The first-order valence-electron chi connectivity index (χ1n) is 6.02. The van der Waals surface area contributed by atoms with Crippen LogP contribution in [-0.2, 0) is 0 Å². The zero-order valence-electron chi connectivity index (χ0n) is 11.1. The number of amides is 1. The average Bonchev–Trinajstić information content (AvgIpc) is 2.32. The third-order valence-electron chi connectivity index (χ3n) is 3.50. The molecule has 3 heteroatoms. The maximum absolute atomic E-state index is 12.2. The Balaban J connectivity index is 2.94. The number of rotatable bonds is 4. The van der Waals surface area contributed by atoms with Crippen molar-refractivity contribution in [1.29, 1.82) is 0 Å². The van der Waals surface area contributed by atoms with Gasteiger partial charge < -0.3 is 11.1 Å². The highest BCUT2D eigenvalue weighted by molar-refractivity contribution is 5.96. The maximum atomic E-state index is 12.2. The Hall–Kier alpha value is -1.35. The lowest BCUT2D eigenvalue weighted by atomic mass is 9.97. The highest BCUT2D eigenvalue weighted by atomic mass is 16.1. The van der Waals surface area contributed by atoms with E-state index in [4.69, 9.17) is 5.73 Å². The van der Waals surface area contributed by atoms with Gasteiger partial charge in [-0.05, 0) is 44.4 Å². The summed E-state index contributed by atoms with van der Waals surface area (Å²) in [5.74, 6) is -0.0407. The molecular weight excluding hydrogens is 212 g/mol. The maximum Gasteiger partial charge on any atom is 0.252 e. The first-order valence-corrected chi connectivity index (χ1v) is 6.02. The summed E-state index contributed by atoms with van der Waals surface area (Å²) >= 11 is 0. The average molecular weight is 234 g/mol. The number of benzene rings is 1. The van der Waals surface area contributed by atoms with E-state index >= 15 is 0 Å². The van der Waals surface area contributed by atoms with Crippen LogP contribution in [0.15, 0.2) is 18.2 Å². The molecule has 1 atom stereocenters. The second kappa shape index (κ2) is 5.32. The van der Waals surface area contributed by atoms with Gasteiger partial charge in [-0.2, -0.15) is 0 Å². The third-order valence-corrected chi connectivity index (χ3v) is 3.50. The Bertz CT molecular complexity index is 409. The van der Waals surface area contributed by atoms with E-state index in [9.17, 15) is 4.79 Å². The highest BCUT2D eigenvalue weighted by Crippen LogP contribution is 2.15. The minimum Gasteiger partial charge on any atom is -0.346 e. The molecule has 0 heterocycles. The summed E-state index contributed by atoms with van der Waals surface area (Å²) in [5, 5.41) is 3.01. The molecule has 0 aliphatic rings. The van der Waals surface area contributed by atoms with Crippen LogP contribution in [0.1, 0.15) is 41.8 Å². The van der Waals surface area contributed by atoms with Crippen LogP contribution in [0.4, 0.5) is 0 Å². The van der Waals surface area contributed by atoms with Gasteiger partial charge in [0.1, 0.15) is 0 Å². The van der Waals surface area contributed by atoms with Gasteiger partial charge in [0.25, 0.3) is 5.91 Å². The highest BCUT2D eigenvalue weighted by Gasteiger charge is 2.23. The Kier molecular flexibility index (Phi) is 4.29. The predicted octanol–water partition coefficient (Wildman–Crippen LogP) is 2.16. The number of nitrogens with one attached hydrogen (secondary N) is 1. The van der Waals surface area contributed by atoms with Crippen molar-refractivity contribution in [1.82, 2.24) is 5.32 Å². The lowest BCUT2D eigenvalue weighted by Gasteiger charge is -2.28. The molecule has 94 valence electrons. The standard InChI is InChI=1S/C14H22N2O/c1-5-14(4,9-15)16-13(17)12-8-6-7-10(2)11(12)3/h6-8H,5,9,15H2,1-4H3,(H,16,17). The minimum atomic E-state index is -0.326. The van der Waals surface area contributed by atoms with Gasteiger partial charge in [0.05, 0.1) is 0 Å². The summed E-state index contributed by atoms with van der Waals surface area (Å²) in [7, 11) is 0. The van der Waals surface area contributed by atoms with Gasteiger partial charge in [-0.1, -0.05) is 19.1 Å². The number of carbonyl (C=O) groups is 1. The van der Waals surface area contributed by atoms with Crippen molar-refractivity contribution in [2.45, 2.75) is 39.7 Å². The molecule has 3 N–H and O–H groups in total. The van der Waals surface area contributed by atoms with Gasteiger partial charge in [0.2, 0.25) is 0 Å². The Morgan fingerprint density at radius 2 is 2.06 bits per heavy atom. The minimum absolute atomic E-state index is 0.0407. The molecule has 0 saturated carbocycles. The molecule has 0 saturated heterocycles. The zero-order valence-corrected chi connectivity index (χ0v) is 11.1. The second-order valence-corrected chi connectivity index (χ2v) is 4.82. The lowest BCUT2D eigenvalue weighted by Crippen LogP contribution is -2.51. The van der Waals surface area contributed by atoms with Crippen LogP contribution in [-0.4, -0.2) is 18.0 Å². The number of aryl methyl sites for hydroxylation is 1. The molecule has 0 aliphatic heterocycles. The van der Waals surface area contributed by atoms with Gasteiger partial charge in [0, 0.05) is 17.6 Å². The summed E-state index contributed by atoms with van der Waals surface area (Å²) in [6, 6.07) is 5.77. The SMILES string of the molecule is CCC(C)(CN)NC(=O)c1cccc(C)c1C. The van der Waals surface area contributed by atoms with Crippen molar-refractivity contribution >= 4 is 5.91 Å². The Labute approximate surface area is 103 Å². The van der Waals surface area contributed by atoms with Crippen LogP contribution in [0, 0.1) is 13.8 Å². The molecule has 1 rings (SSSR count). The van der Waals surface area contributed by atoms with Gasteiger partial charge in [-0.15, -0.1) is 0 Å². The van der Waals surface area contributed by atoms with Gasteiger partial charge >= 0.3 is 0 Å². The number of nitrogens with two attached hydrogens (primary N) is 1. The Morgan fingerprint density at radius 1 is 1.41 bits per heavy atom. The first kappa shape index (κ1) is 13.7. The van der Waals surface area contributed by atoms with E-state index in [1.54, 1.807) is 0 Å². The molecule has 0 spiro atoms. The molecule has 0 aromatic heterocycles. The molecule has 1 aromatic carbocycles. The summed E-state index contributed by atoms with van der Waals surface area (Å²) in [6.45, 7) is 8.41. The molecule has 0 radical (unpaired) electrons. The zero-order chi connectivity index (χ0) is 13.1. The first-order chi connectivity index (χ1) is 7.93. The molecule has 0 fully saturated rings. The van der Waals surface area contributed by atoms with Crippen molar-refractivity contribution in [3.63, 3.8) is 0 Å². The van der Waals surface area contributed by atoms with E-state index in [1.165, 1.54) is 0 Å². The fourth-order valence-corrected chi connectivity index (χ4v) is 1.62. The molecule has 0 bridgehead atoms. The van der Waals surface area contributed by atoms with E-state index in [0.29, 0.717) is 6.54 Å². The van der Waals surface area contributed by atoms with Crippen LogP contribution in [0.3, 0.4) is 0 Å². The van der Waals surface area contributed by atoms with E-state index in [1.807, 2.05) is 45.9 Å². The Morgan fingerprint density at radius 3 is 2.59 bits per heavy atom. The van der Waals surface area contributed by atoms with Gasteiger partial charge in [-0.25, -0.2) is 0 Å². The summed E-state index contributed by atoms with van der Waals surface area (Å²) in [4.78, 5) is 12.2. The van der Waals surface area contributed by atoms with E-state index in [0.717, 1.165) is 23.1 Å². The lowest BCUT2D eigenvalue weighted by molar-refractivity contribution is 0.0906. The molecular formula is C14H22N2O. The second-order valence-electron chi connectivity index (χ2n) is 4.82. The van der Waals surface area contributed by atoms with Gasteiger partial charge in [0.15, 0.2) is 0 Å². The van der Waals surface area contributed by atoms with Crippen molar-refractivity contribution in [2.75, 3.05) is 6.54 Å². The van der Waals surface area contributed by atoms with Crippen LogP contribution in [0.25, 0.3) is 0 Å².